The topological polar surface area (TPSA) is 55.0 Å². The number of halogens is 1. The Hall–Kier alpha value is -0.980. The maximum absolute atomic E-state index is 5.75. The van der Waals surface area contributed by atoms with E-state index in [1.54, 1.807) is 11.3 Å². The van der Waals surface area contributed by atoms with Crippen molar-refractivity contribution in [2.45, 2.75) is 13.0 Å². The molecule has 2 aromatic heterocycles. The highest BCUT2D eigenvalue weighted by atomic mass is 79.9. The van der Waals surface area contributed by atoms with Crippen LogP contribution in [0.2, 0.25) is 0 Å². The molecule has 96 valence electrons. The maximum Gasteiger partial charge on any atom is 0.225 e. The lowest BCUT2D eigenvalue weighted by Gasteiger charge is -2.18. The van der Waals surface area contributed by atoms with Crippen molar-refractivity contribution in [1.82, 2.24) is 9.97 Å². The first-order chi connectivity index (χ1) is 8.56. The van der Waals surface area contributed by atoms with E-state index in [4.69, 9.17) is 5.73 Å². The molecule has 0 saturated carbocycles. The third kappa shape index (κ3) is 3.28. The largest absolute Gasteiger partial charge is 0.342 e. The summed E-state index contributed by atoms with van der Waals surface area (Å²) in [5.74, 6) is 0.701. The summed E-state index contributed by atoms with van der Waals surface area (Å²) >= 11 is 5.12. The fourth-order valence-electron chi connectivity index (χ4n) is 1.63. The molecule has 1 unspecified atom stereocenters. The third-order valence-electron chi connectivity index (χ3n) is 2.40. The number of likely N-dealkylation sites (N-methyl/N-ethyl adjacent to an activating group) is 1. The predicted octanol–water partition coefficient (Wildman–Crippen LogP) is 2.75. The quantitative estimate of drug-likeness (QED) is 0.938. The molecule has 2 N–H and O–H groups in total. The smallest absolute Gasteiger partial charge is 0.225 e. The third-order valence-corrected chi connectivity index (χ3v) is 4.07. The van der Waals surface area contributed by atoms with Gasteiger partial charge in [0.1, 0.15) is 0 Å². The average molecular weight is 327 g/mol. The van der Waals surface area contributed by atoms with Crippen molar-refractivity contribution in [3.8, 4) is 10.4 Å². The first-order valence-electron chi connectivity index (χ1n) is 5.60. The molecule has 6 heteroatoms. The summed E-state index contributed by atoms with van der Waals surface area (Å²) in [7, 11) is 1.94. The van der Waals surface area contributed by atoms with Gasteiger partial charge in [0.15, 0.2) is 0 Å². The number of nitrogens with two attached hydrogens (primary N) is 1. The van der Waals surface area contributed by atoms with Gasteiger partial charge in [-0.3, -0.25) is 0 Å². The van der Waals surface area contributed by atoms with Gasteiger partial charge in [-0.15, -0.1) is 11.3 Å². The van der Waals surface area contributed by atoms with Gasteiger partial charge in [0.25, 0.3) is 0 Å². The molecule has 4 nitrogen and oxygen atoms in total. The van der Waals surface area contributed by atoms with E-state index in [0.29, 0.717) is 5.95 Å². The van der Waals surface area contributed by atoms with E-state index in [2.05, 4.69) is 32.0 Å². The Morgan fingerprint density at radius 2 is 2.06 bits per heavy atom. The summed E-state index contributed by atoms with van der Waals surface area (Å²) in [4.78, 5) is 11.8. The van der Waals surface area contributed by atoms with Gasteiger partial charge in [-0.2, -0.15) is 0 Å². The van der Waals surface area contributed by atoms with Crippen LogP contribution in [0.15, 0.2) is 28.3 Å². The lowest BCUT2D eigenvalue weighted by atomic mass is 10.3. The minimum absolute atomic E-state index is 0.103. The Morgan fingerprint density at radius 1 is 1.39 bits per heavy atom. The van der Waals surface area contributed by atoms with Crippen molar-refractivity contribution < 1.29 is 0 Å². The van der Waals surface area contributed by atoms with Gasteiger partial charge in [0, 0.05) is 42.5 Å². The van der Waals surface area contributed by atoms with E-state index < -0.39 is 0 Å². The van der Waals surface area contributed by atoms with Crippen LogP contribution in [0.25, 0.3) is 10.4 Å². The van der Waals surface area contributed by atoms with Crippen molar-refractivity contribution in [3.63, 3.8) is 0 Å². The summed E-state index contributed by atoms with van der Waals surface area (Å²) in [6.07, 6.45) is 3.69. The predicted molar refractivity (Wildman–Crippen MR) is 80.0 cm³/mol. The summed E-state index contributed by atoms with van der Waals surface area (Å²) in [5.41, 5.74) is 6.78. The molecule has 18 heavy (non-hydrogen) atoms. The molecule has 2 rings (SSSR count). The zero-order chi connectivity index (χ0) is 13.1. The number of hydrogen-bond acceptors (Lipinski definition) is 5. The van der Waals surface area contributed by atoms with E-state index in [1.165, 1.54) is 0 Å². The van der Waals surface area contributed by atoms with Gasteiger partial charge < -0.3 is 10.6 Å². The molecule has 1 atom stereocenters. The lowest BCUT2D eigenvalue weighted by molar-refractivity contribution is 0.704. The molecule has 2 aromatic rings. The minimum Gasteiger partial charge on any atom is -0.342 e. The van der Waals surface area contributed by atoms with Gasteiger partial charge in [0.2, 0.25) is 5.95 Å². The van der Waals surface area contributed by atoms with Gasteiger partial charge in [0.05, 0.1) is 3.79 Å². The molecule has 0 fully saturated rings. The standard InChI is InChI=1S/C12H15BrN4S/c1-8(14)7-17(2)12-15-5-9(6-16-12)10-3-4-11(13)18-10/h3-6,8H,7,14H2,1-2H3. The number of rotatable bonds is 4. The van der Waals surface area contributed by atoms with Crippen molar-refractivity contribution in [2.24, 2.45) is 5.73 Å². The second-order valence-corrected chi connectivity index (χ2v) is 6.70. The van der Waals surface area contributed by atoms with Crippen LogP contribution in [-0.4, -0.2) is 29.6 Å². The highest BCUT2D eigenvalue weighted by Crippen LogP contribution is 2.30. The molecule has 2 heterocycles. The molecule has 0 aliphatic heterocycles. The van der Waals surface area contributed by atoms with Gasteiger partial charge in [-0.1, -0.05) is 0 Å². The lowest BCUT2D eigenvalue weighted by Crippen LogP contribution is -2.33. The Bertz CT molecular complexity index is 509. The second-order valence-electron chi connectivity index (χ2n) is 4.23. The van der Waals surface area contributed by atoms with Crippen molar-refractivity contribution in [1.29, 1.82) is 0 Å². The Kier molecular flexibility index (Phi) is 4.31. The van der Waals surface area contributed by atoms with Gasteiger partial charge >= 0.3 is 0 Å². The number of hydrogen-bond donors (Lipinski definition) is 1. The molecular formula is C12H15BrN4S. The first-order valence-corrected chi connectivity index (χ1v) is 7.21. The van der Waals surface area contributed by atoms with Crippen LogP contribution in [0.3, 0.4) is 0 Å². The highest BCUT2D eigenvalue weighted by Gasteiger charge is 2.08. The molecule has 0 bridgehead atoms. The minimum atomic E-state index is 0.103. The zero-order valence-corrected chi connectivity index (χ0v) is 12.7. The van der Waals surface area contributed by atoms with Crippen molar-refractivity contribution >= 4 is 33.2 Å². The fraction of sp³-hybridized carbons (Fsp3) is 0.333. The summed E-state index contributed by atoms with van der Waals surface area (Å²) in [6, 6.07) is 4.18. The Morgan fingerprint density at radius 3 is 2.56 bits per heavy atom. The molecule has 0 aromatic carbocycles. The van der Waals surface area contributed by atoms with Gasteiger partial charge in [-0.25, -0.2) is 9.97 Å². The average Bonchev–Trinajstić information content (AvgIpc) is 2.75. The summed E-state index contributed by atoms with van der Waals surface area (Å²) < 4.78 is 1.11. The van der Waals surface area contributed by atoms with Crippen LogP contribution in [0.4, 0.5) is 5.95 Å². The van der Waals surface area contributed by atoms with E-state index in [9.17, 15) is 0 Å². The first kappa shape index (κ1) is 13.5. The van der Waals surface area contributed by atoms with Crippen molar-refractivity contribution in [2.75, 3.05) is 18.5 Å². The monoisotopic (exact) mass is 326 g/mol. The molecule has 0 spiro atoms. The number of aromatic nitrogens is 2. The molecule has 0 saturated heterocycles. The van der Waals surface area contributed by atoms with Crippen LogP contribution >= 0.6 is 27.3 Å². The van der Waals surface area contributed by atoms with E-state index >= 15 is 0 Å². The molecule has 0 aliphatic rings. The zero-order valence-electron chi connectivity index (χ0n) is 10.3. The summed E-state index contributed by atoms with van der Waals surface area (Å²) in [5, 5.41) is 0. The van der Waals surface area contributed by atoms with Crippen molar-refractivity contribution in [3.05, 3.63) is 28.3 Å². The van der Waals surface area contributed by atoms with Crippen LogP contribution in [0.5, 0.6) is 0 Å². The molecule has 0 amide bonds. The fourth-order valence-corrected chi connectivity index (χ4v) is 2.99. The molecular weight excluding hydrogens is 312 g/mol. The van der Waals surface area contributed by atoms with E-state index in [0.717, 1.165) is 20.8 Å². The van der Waals surface area contributed by atoms with E-state index in [-0.39, 0.29) is 6.04 Å². The number of thiophene rings is 1. The molecule has 0 aliphatic carbocycles. The van der Waals surface area contributed by atoms with Crippen LogP contribution in [0.1, 0.15) is 6.92 Å². The number of anilines is 1. The van der Waals surface area contributed by atoms with Gasteiger partial charge in [-0.05, 0) is 35.0 Å². The van der Waals surface area contributed by atoms with Crippen LogP contribution in [0, 0.1) is 0 Å². The second kappa shape index (κ2) is 5.77. The SMILES string of the molecule is CC(N)CN(C)c1ncc(-c2ccc(Br)s2)cn1. The summed E-state index contributed by atoms with van der Waals surface area (Å²) in [6.45, 7) is 2.71. The Balaban J connectivity index is 2.15. The molecule has 0 radical (unpaired) electrons. The van der Waals surface area contributed by atoms with Crippen LogP contribution in [-0.2, 0) is 0 Å². The normalized spacial score (nSPS) is 12.4. The maximum atomic E-state index is 5.75. The Labute approximate surface area is 119 Å². The number of nitrogens with zero attached hydrogens (tertiary/aromatic N) is 3. The van der Waals surface area contributed by atoms with E-state index in [1.807, 2.05) is 37.3 Å². The highest BCUT2D eigenvalue weighted by molar-refractivity contribution is 9.11. The van der Waals surface area contributed by atoms with Crippen LogP contribution < -0.4 is 10.6 Å².